The molecule has 1 unspecified atom stereocenters. The van der Waals surface area contributed by atoms with Gasteiger partial charge in [-0.15, -0.1) is 0 Å². The molecule has 1 amide bonds. The van der Waals surface area contributed by atoms with E-state index in [9.17, 15) is 4.79 Å². The Balaban J connectivity index is 2.08. The van der Waals surface area contributed by atoms with Gasteiger partial charge in [-0.05, 0) is 19.0 Å². The van der Waals surface area contributed by atoms with E-state index in [2.05, 4.69) is 17.6 Å². The molecule has 3 heteroatoms. The number of fused-ring (bicyclic) bond motifs is 1. The van der Waals surface area contributed by atoms with Crippen LogP contribution in [0.5, 0.6) is 0 Å². The fourth-order valence-corrected chi connectivity index (χ4v) is 1.83. The van der Waals surface area contributed by atoms with Gasteiger partial charge in [0, 0.05) is 11.3 Å². The number of carbonyl (C=O) groups excluding carboxylic acids is 1. The summed E-state index contributed by atoms with van der Waals surface area (Å²) >= 11 is 0. The van der Waals surface area contributed by atoms with Gasteiger partial charge < -0.3 is 10.6 Å². The summed E-state index contributed by atoms with van der Waals surface area (Å²) in [4.78, 5) is 11.7. The molecule has 0 radical (unpaired) electrons. The zero-order valence-corrected chi connectivity index (χ0v) is 8.92. The molecule has 1 aromatic rings. The Morgan fingerprint density at radius 3 is 3.00 bits per heavy atom. The number of amides is 1. The Hall–Kier alpha value is -1.35. The summed E-state index contributed by atoms with van der Waals surface area (Å²) in [5.41, 5.74) is 2.01. The summed E-state index contributed by atoms with van der Waals surface area (Å²) in [5.74, 6) is 0.0623. The first-order valence-electron chi connectivity index (χ1n) is 5.46. The van der Waals surface area contributed by atoms with E-state index in [1.54, 1.807) is 0 Å². The predicted molar refractivity (Wildman–Crippen MR) is 60.7 cm³/mol. The molecule has 0 fully saturated rings. The third-order valence-electron chi connectivity index (χ3n) is 2.67. The van der Waals surface area contributed by atoms with Gasteiger partial charge in [0.2, 0.25) is 5.91 Å². The van der Waals surface area contributed by atoms with Crippen LogP contribution in [0.15, 0.2) is 24.3 Å². The topological polar surface area (TPSA) is 41.1 Å². The number of benzene rings is 1. The monoisotopic (exact) mass is 204 g/mol. The average molecular weight is 204 g/mol. The Kier molecular flexibility index (Phi) is 3.02. The van der Waals surface area contributed by atoms with Gasteiger partial charge in [-0.1, -0.05) is 31.5 Å². The van der Waals surface area contributed by atoms with Crippen LogP contribution in [0.2, 0.25) is 0 Å². The van der Waals surface area contributed by atoms with Crippen molar-refractivity contribution in [1.29, 1.82) is 0 Å². The molecule has 1 aliphatic rings. The lowest BCUT2D eigenvalue weighted by Crippen LogP contribution is -2.28. The van der Waals surface area contributed by atoms with Crippen molar-refractivity contribution >= 4 is 11.6 Å². The third-order valence-corrected chi connectivity index (χ3v) is 2.67. The maximum absolute atomic E-state index is 11.7. The number of para-hydroxylation sites is 1. The second-order valence-electron chi connectivity index (χ2n) is 3.82. The van der Waals surface area contributed by atoms with Crippen LogP contribution in [-0.4, -0.2) is 12.5 Å². The molecule has 1 heterocycles. The van der Waals surface area contributed by atoms with E-state index in [1.165, 1.54) is 0 Å². The third kappa shape index (κ3) is 2.02. The summed E-state index contributed by atoms with van der Waals surface area (Å²) < 4.78 is 0. The van der Waals surface area contributed by atoms with Gasteiger partial charge in [-0.25, -0.2) is 0 Å². The van der Waals surface area contributed by atoms with Gasteiger partial charge in [0.15, 0.2) is 0 Å². The molecule has 0 saturated heterocycles. The highest BCUT2D eigenvalue weighted by Gasteiger charge is 2.28. The van der Waals surface area contributed by atoms with Crippen LogP contribution in [0.3, 0.4) is 0 Å². The van der Waals surface area contributed by atoms with Gasteiger partial charge in [0.05, 0.1) is 0 Å². The molecule has 0 saturated carbocycles. The van der Waals surface area contributed by atoms with Crippen molar-refractivity contribution in [3.8, 4) is 0 Å². The van der Waals surface area contributed by atoms with Crippen molar-refractivity contribution < 1.29 is 4.79 Å². The molecule has 1 aromatic carbocycles. The largest absolute Gasteiger partial charge is 0.324 e. The first-order valence-corrected chi connectivity index (χ1v) is 5.46. The van der Waals surface area contributed by atoms with E-state index in [0.717, 1.165) is 30.6 Å². The minimum Gasteiger partial charge on any atom is -0.324 e. The standard InChI is InChI=1S/C12H16N2O/c1-2-3-8-13-11-9-6-4-5-7-10(9)14-12(11)15/h4-7,11,13H,2-3,8H2,1H3,(H,14,15). The number of rotatable bonds is 4. The summed E-state index contributed by atoms with van der Waals surface area (Å²) in [6.07, 6.45) is 2.24. The number of anilines is 1. The molecule has 80 valence electrons. The molecule has 0 bridgehead atoms. The van der Waals surface area contributed by atoms with E-state index in [0.29, 0.717) is 0 Å². The quantitative estimate of drug-likeness (QED) is 0.737. The Bertz CT molecular complexity index is 362. The molecule has 1 aliphatic heterocycles. The summed E-state index contributed by atoms with van der Waals surface area (Å²) in [6, 6.07) is 7.68. The first-order chi connectivity index (χ1) is 7.33. The predicted octanol–water partition coefficient (Wildman–Crippen LogP) is 2.07. The fraction of sp³-hybridized carbons (Fsp3) is 0.417. The van der Waals surface area contributed by atoms with E-state index in [-0.39, 0.29) is 11.9 Å². The zero-order chi connectivity index (χ0) is 10.7. The molecule has 2 rings (SSSR count). The van der Waals surface area contributed by atoms with Crippen LogP contribution in [0.4, 0.5) is 5.69 Å². The summed E-state index contributed by atoms with van der Waals surface area (Å²) in [5, 5.41) is 6.15. The van der Waals surface area contributed by atoms with Crippen molar-refractivity contribution in [3.05, 3.63) is 29.8 Å². The SMILES string of the molecule is CCCCNC1C(=O)Nc2ccccc21. The Morgan fingerprint density at radius 1 is 1.40 bits per heavy atom. The van der Waals surface area contributed by atoms with E-state index >= 15 is 0 Å². The minimum atomic E-state index is -0.159. The van der Waals surface area contributed by atoms with Gasteiger partial charge in [-0.2, -0.15) is 0 Å². The Morgan fingerprint density at radius 2 is 2.20 bits per heavy atom. The van der Waals surface area contributed by atoms with E-state index < -0.39 is 0 Å². The highest BCUT2D eigenvalue weighted by molar-refractivity contribution is 6.02. The van der Waals surface area contributed by atoms with Crippen molar-refractivity contribution in [3.63, 3.8) is 0 Å². The molecular formula is C12H16N2O. The highest BCUT2D eigenvalue weighted by Crippen LogP contribution is 2.29. The Labute approximate surface area is 89.9 Å². The molecule has 0 aromatic heterocycles. The van der Waals surface area contributed by atoms with Crippen molar-refractivity contribution in [2.45, 2.75) is 25.8 Å². The molecule has 0 spiro atoms. The second kappa shape index (κ2) is 4.45. The van der Waals surface area contributed by atoms with E-state index in [4.69, 9.17) is 0 Å². The average Bonchev–Trinajstić information content (AvgIpc) is 2.56. The fourth-order valence-electron chi connectivity index (χ4n) is 1.83. The van der Waals surface area contributed by atoms with Crippen molar-refractivity contribution in [2.75, 3.05) is 11.9 Å². The van der Waals surface area contributed by atoms with Crippen LogP contribution >= 0.6 is 0 Å². The lowest BCUT2D eigenvalue weighted by atomic mass is 10.1. The maximum Gasteiger partial charge on any atom is 0.246 e. The van der Waals surface area contributed by atoms with Crippen LogP contribution in [0.1, 0.15) is 31.4 Å². The number of hydrogen-bond acceptors (Lipinski definition) is 2. The lowest BCUT2D eigenvalue weighted by molar-refractivity contribution is -0.117. The molecule has 1 atom stereocenters. The van der Waals surface area contributed by atoms with Crippen molar-refractivity contribution in [1.82, 2.24) is 5.32 Å². The number of carbonyl (C=O) groups is 1. The van der Waals surface area contributed by atoms with Crippen LogP contribution in [0, 0.1) is 0 Å². The minimum absolute atomic E-state index is 0.0623. The number of unbranched alkanes of at least 4 members (excludes halogenated alkanes) is 1. The molecule has 15 heavy (non-hydrogen) atoms. The van der Waals surface area contributed by atoms with Crippen molar-refractivity contribution in [2.24, 2.45) is 0 Å². The summed E-state index contributed by atoms with van der Waals surface area (Å²) in [7, 11) is 0. The molecule has 2 N–H and O–H groups in total. The summed E-state index contributed by atoms with van der Waals surface area (Å²) in [6.45, 7) is 3.03. The second-order valence-corrected chi connectivity index (χ2v) is 3.82. The van der Waals surface area contributed by atoms with Gasteiger partial charge in [0.25, 0.3) is 0 Å². The molecule has 0 aliphatic carbocycles. The molecule has 3 nitrogen and oxygen atoms in total. The van der Waals surface area contributed by atoms with Crippen LogP contribution in [-0.2, 0) is 4.79 Å². The number of hydrogen-bond donors (Lipinski definition) is 2. The zero-order valence-electron chi connectivity index (χ0n) is 8.92. The van der Waals surface area contributed by atoms with E-state index in [1.807, 2.05) is 24.3 Å². The number of nitrogens with one attached hydrogen (secondary N) is 2. The first kappa shape index (κ1) is 10.2. The van der Waals surface area contributed by atoms with Gasteiger partial charge in [0.1, 0.15) is 6.04 Å². The maximum atomic E-state index is 11.7. The lowest BCUT2D eigenvalue weighted by Gasteiger charge is -2.10. The smallest absolute Gasteiger partial charge is 0.246 e. The van der Waals surface area contributed by atoms with Gasteiger partial charge in [-0.3, -0.25) is 4.79 Å². The van der Waals surface area contributed by atoms with Crippen LogP contribution in [0.25, 0.3) is 0 Å². The van der Waals surface area contributed by atoms with Crippen LogP contribution < -0.4 is 10.6 Å². The molecular weight excluding hydrogens is 188 g/mol. The highest BCUT2D eigenvalue weighted by atomic mass is 16.2. The van der Waals surface area contributed by atoms with Gasteiger partial charge >= 0.3 is 0 Å². The normalized spacial score (nSPS) is 18.7.